The molecule has 1 heterocycles. The van der Waals surface area contributed by atoms with Gasteiger partial charge in [-0.15, -0.1) is 0 Å². The van der Waals surface area contributed by atoms with Gasteiger partial charge in [-0.2, -0.15) is 13.2 Å². The number of pyridine rings is 1. The van der Waals surface area contributed by atoms with E-state index in [-0.39, 0.29) is 11.4 Å². The summed E-state index contributed by atoms with van der Waals surface area (Å²) in [5.41, 5.74) is -1.07. The number of rotatable bonds is 8. The quantitative estimate of drug-likeness (QED) is 0.298. The van der Waals surface area contributed by atoms with E-state index in [9.17, 15) is 35.6 Å². The van der Waals surface area contributed by atoms with E-state index in [4.69, 9.17) is 4.74 Å². The molecule has 3 rings (SSSR count). The number of sulfone groups is 1. The number of hydrogen-bond acceptors (Lipinski definition) is 7. The third-order valence-electron chi connectivity index (χ3n) is 5.56. The Bertz CT molecular complexity index is 1470. The van der Waals surface area contributed by atoms with Crippen LogP contribution < -0.4 is 9.64 Å². The standard InChI is InChI=1S/C25H22F4N2O6S/c1-31(21-14-30-8-6-19(21)20-5-4-17(26)13-22(20)36-2)24(33)15-10-16(25(27,28)29)12-18(11-15)38(34,35)9-7-23(32)37-3/h4-6,8,10-14H,7,9H2,1-3H3. The van der Waals surface area contributed by atoms with Crippen molar-refractivity contribution in [1.29, 1.82) is 0 Å². The van der Waals surface area contributed by atoms with Crippen LogP contribution in [0.4, 0.5) is 23.2 Å². The second kappa shape index (κ2) is 11.2. The van der Waals surface area contributed by atoms with Gasteiger partial charge in [0.1, 0.15) is 11.6 Å². The second-order valence-corrected chi connectivity index (χ2v) is 10.1. The Labute approximate surface area is 215 Å². The second-order valence-electron chi connectivity index (χ2n) is 7.99. The molecule has 0 atom stereocenters. The minimum Gasteiger partial charge on any atom is -0.496 e. The first-order valence-corrected chi connectivity index (χ1v) is 12.5. The van der Waals surface area contributed by atoms with Crippen molar-refractivity contribution in [2.75, 3.05) is 31.9 Å². The van der Waals surface area contributed by atoms with Gasteiger partial charge in [0.2, 0.25) is 0 Å². The summed E-state index contributed by atoms with van der Waals surface area (Å²) in [6, 6.07) is 6.96. The number of anilines is 1. The summed E-state index contributed by atoms with van der Waals surface area (Å²) >= 11 is 0. The van der Waals surface area contributed by atoms with E-state index in [1.165, 1.54) is 44.8 Å². The van der Waals surface area contributed by atoms with E-state index in [1.807, 2.05) is 0 Å². The number of carbonyl (C=O) groups excluding carboxylic acids is 2. The van der Waals surface area contributed by atoms with Gasteiger partial charge in [-0.25, -0.2) is 12.8 Å². The first-order valence-electron chi connectivity index (χ1n) is 10.9. The van der Waals surface area contributed by atoms with Crippen LogP contribution in [0.25, 0.3) is 11.1 Å². The highest BCUT2D eigenvalue weighted by Gasteiger charge is 2.34. The van der Waals surface area contributed by atoms with E-state index in [0.717, 1.165) is 24.1 Å². The van der Waals surface area contributed by atoms with Crippen molar-refractivity contribution in [3.8, 4) is 16.9 Å². The molecule has 3 aromatic rings. The van der Waals surface area contributed by atoms with Crippen molar-refractivity contribution >= 4 is 27.4 Å². The van der Waals surface area contributed by atoms with Crippen molar-refractivity contribution in [3.05, 3.63) is 71.8 Å². The van der Waals surface area contributed by atoms with Gasteiger partial charge in [-0.3, -0.25) is 14.6 Å². The highest BCUT2D eigenvalue weighted by molar-refractivity contribution is 7.91. The molecule has 0 saturated heterocycles. The summed E-state index contributed by atoms with van der Waals surface area (Å²) in [6.45, 7) is 0. The fourth-order valence-electron chi connectivity index (χ4n) is 3.58. The van der Waals surface area contributed by atoms with Gasteiger partial charge in [-0.05, 0) is 36.4 Å². The van der Waals surface area contributed by atoms with Crippen molar-refractivity contribution in [2.45, 2.75) is 17.5 Å². The summed E-state index contributed by atoms with van der Waals surface area (Å²) in [5.74, 6) is -3.10. The van der Waals surface area contributed by atoms with Gasteiger partial charge in [0, 0.05) is 36.0 Å². The summed E-state index contributed by atoms with van der Waals surface area (Å²) in [7, 11) is -0.766. The topological polar surface area (TPSA) is 103 Å². The maximum atomic E-state index is 13.7. The molecule has 13 heteroatoms. The van der Waals surface area contributed by atoms with E-state index >= 15 is 0 Å². The fraction of sp³-hybridized carbons (Fsp3) is 0.240. The maximum absolute atomic E-state index is 13.7. The zero-order valence-electron chi connectivity index (χ0n) is 20.4. The lowest BCUT2D eigenvalue weighted by atomic mass is 10.0. The molecule has 8 nitrogen and oxygen atoms in total. The van der Waals surface area contributed by atoms with Gasteiger partial charge >= 0.3 is 12.1 Å². The molecule has 0 N–H and O–H groups in total. The average Bonchev–Trinajstić information content (AvgIpc) is 2.90. The molecule has 0 unspecified atom stereocenters. The minimum absolute atomic E-state index is 0.134. The predicted octanol–water partition coefficient (Wildman–Crippen LogP) is 4.53. The molecule has 2 aromatic carbocycles. The Balaban J connectivity index is 2.10. The molecule has 1 amide bonds. The molecule has 0 aliphatic rings. The van der Waals surface area contributed by atoms with E-state index in [0.29, 0.717) is 23.3 Å². The molecule has 0 aliphatic carbocycles. The van der Waals surface area contributed by atoms with Gasteiger partial charge in [0.05, 0.1) is 48.7 Å². The molecule has 202 valence electrons. The number of amides is 1. The molecule has 0 bridgehead atoms. The number of hydrogen-bond donors (Lipinski definition) is 0. The normalized spacial score (nSPS) is 11.7. The van der Waals surface area contributed by atoms with Crippen LogP contribution in [-0.4, -0.2) is 52.3 Å². The Morgan fingerprint density at radius 1 is 1.03 bits per heavy atom. The molecule has 0 saturated carbocycles. The van der Waals surface area contributed by atoms with Gasteiger partial charge in [0.15, 0.2) is 9.84 Å². The van der Waals surface area contributed by atoms with Crippen molar-refractivity contribution in [1.82, 2.24) is 4.98 Å². The van der Waals surface area contributed by atoms with Crippen molar-refractivity contribution in [2.24, 2.45) is 0 Å². The smallest absolute Gasteiger partial charge is 0.416 e. The summed E-state index contributed by atoms with van der Waals surface area (Å²) < 4.78 is 89.7. The Morgan fingerprint density at radius 2 is 1.74 bits per heavy atom. The van der Waals surface area contributed by atoms with Gasteiger partial charge < -0.3 is 14.4 Å². The number of methoxy groups -OCH3 is 2. The Morgan fingerprint density at radius 3 is 2.37 bits per heavy atom. The van der Waals surface area contributed by atoms with Crippen LogP contribution in [0, 0.1) is 5.82 Å². The minimum atomic E-state index is -4.97. The molecular weight excluding hydrogens is 532 g/mol. The number of esters is 1. The van der Waals surface area contributed by atoms with E-state index < -0.39 is 61.9 Å². The average molecular weight is 555 g/mol. The van der Waals surface area contributed by atoms with Gasteiger partial charge in [0.25, 0.3) is 5.91 Å². The summed E-state index contributed by atoms with van der Waals surface area (Å²) in [6.07, 6.45) is -2.88. The molecule has 0 radical (unpaired) electrons. The van der Waals surface area contributed by atoms with Crippen LogP contribution in [0.3, 0.4) is 0 Å². The summed E-state index contributed by atoms with van der Waals surface area (Å²) in [5, 5.41) is 0. The molecule has 0 spiro atoms. The van der Waals surface area contributed by atoms with E-state index in [2.05, 4.69) is 9.72 Å². The van der Waals surface area contributed by atoms with Crippen molar-refractivity contribution in [3.63, 3.8) is 0 Å². The SMILES string of the molecule is COC(=O)CCS(=O)(=O)c1cc(C(=O)N(C)c2cnccc2-c2ccc(F)cc2OC)cc(C(F)(F)F)c1. The third-order valence-corrected chi connectivity index (χ3v) is 7.26. The first kappa shape index (κ1) is 28.6. The lowest BCUT2D eigenvalue weighted by Gasteiger charge is -2.22. The fourth-order valence-corrected chi connectivity index (χ4v) is 4.86. The van der Waals surface area contributed by atoms with Crippen LogP contribution in [0.2, 0.25) is 0 Å². The lowest BCUT2D eigenvalue weighted by molar-refractivity contribution is -0.140. The maximum Gasteiger partial charge on any atom is 0.416 e. The highest BCUT2D eigenvalue weighted by atomic mass is 32.2. The number of ether oxygens (including phenoxy) is 2. The van der Waals surface area contributed by atoms with Gasteiger partial charge in [-0.1, -0.05) is 0 Å². The number of aromatic nitrogens is 1. The number of carbonyl (C=O) groups is 2. The van der Waals surface area contributed by atoms with Crippen LogP contribution in [0.15, 0.2) is 59.8 Å². The van der Waals surface area contributed by atoms with Crippen LogP contribution in [0.5, 0.6) is 5.75 Å². The number of benzene rings is 2. The molecule has 0 aliphatic heterocycles. The Kier molecular flexibility index (Phi) is 8.40. The molecule has 0 fully saturated rings. The van der Waals surface area contributed by atoms with Crippen LogP contribution in [0.1, 0.15) is 22.3 Å². The number of halogens is 4. The summed E-state index contributed by atoms with van der Waals surface area (Å²) in [4.78, 5) is 29.0. The highest BCUT2D eigenvalue weighted by Crippen LogP contribution is 2.37. The molecular formula is C25H22F4N2O6S. The molecule has 1 aromatic heterocycles. The monoisotopic (exact) mass is 554 g/mol. The van der Waals surface area contributed by atoms with Crippen LogP contribution in [-0.2, 0) is 25.5 Å². The largest absolute Gasteiger partial charge is 0.496 e. The van der Waals surface area contributed by atoms with Crippen molar-refractivity contribution < 1.29 is 45.0 Å². The number of nitrogens with zero attached hydrogens (tertiary/aromatic N) is 2. The first-order chi connectivity index (χ1) is 17.8. The Hall–Kier alpha value is -4.00. The van der Waals surface area contributed by atoms with E-state index in [1.54, 1.807) is 0 Å². The molecule has 38 heavy (non-hydrogen) atoms. The predicted molar refractivity (Wildman–Crippen MR) is 129 cm³/mol. The zero-order valence-corrected chi connectivity index (χ0v) is 21.2. The lowest BCUT2D eigenvalue weighted by Crippen LogP contribution is -2.28. The number of alkyl halides is 3. The third kappa shape index (κ3) is 6.28. The zero-order chi connectivity index (χ0) is 28.3. The van der Waals surface area contributed by atoms with Crippen LogP contribution >= 0.6 is 0 Å².